The highest BCUT2D eigenvalue weighted by Gasteiger charge is 2.27. The number of carbonyl (C=O) groups is 1. The zero-order valence-corrected chi connectivity index (χ0v) is 23.1. The van der Waals surface area contributed by atoms with E-state index < -0.39 is 16.0 Å². The summed E-state index contributed by atoms with van der Waals surface area (Å²) in [5.41, 5.74) is 1.80. The topological polar surface area (TPSA) is 88.2 Å². The first-order valence-electron chi connectivity index (χ1n) is 12.3. The average molecular weight is 544 g/mol. The molecule has 0 saturated carbocycles. The molecule has 0 aliphatic heterocycles. The van der Waals surface area contributed by atoms with Crippen LogP contribution in [0.5, 0.6) is 11.5 Å². The molecule has 8 nitrogen and oxygen atoms in total. The van der Waals surface area contributed by atoms with E-state index in [2.05, 4.69) is 5.32 Å². The van der Waals surface area contributed by atoms with Gasteiger partial charge in [0.15, 0.2) is 11.5 Å². The Balaban J connectivity index is 1.76. The third-order valence-electron chi connectivity index (χ3n) is 5.82. The van der Waals surface area contributed by atoms with Crippen LogP contribution in [0, 0.1) is 5.82 Å². The number of nitrogens with zero attached hydrogens (tertiary/aromatic N) is 2. The molecule has 1 atom stereocenters. The summed E-state index contributed by atoms with van der Waals surface area (Å²) >= 11 is 0. The van der Waals surface area contributed by atoms with E-state index >= 15 is 0 Å². The van der Waals surface area contributed by atoms with Gasteiger partial charge in [-0.05, 0) is 68.3 Å². The number of halogens is 1. The highest BCUT2D eigenvalue weighted by molar-refractivity contribution is 7.90. The van der Waals surface area contributed by atoms with Gasteiger partial charge in [-0.15, -0.1) is 0 Å². The van der Waals surface area contributed by atoms with Gasteiger partial charge in [0.1, 0.15) is 5.82 Å². The third kappa shape index (κ3) is 6.81. The Morgan fingerprint density at radius 2 is 1.58 bits per heavy atom. The number of hydrogen-bond donors (Lipinski definition) is 1. The second kappa shape index (κ2) is 12.7. The molecule has 3 rings (SSSR count). The van der Waals surface area contributed by atoms with Gasteiger partial charge in [0.05, 0.1) is 31.5 Å². The molecule has 0 bridgehead atoms. The maximum Gasteiger partial charge on any atom is 0.303 e. The van der Waals surface area contributed by atoms with E-state index in [0.29, 0.717) is 35.8 Å². The molecule has 0 spiro atoms. The van der Waals surface area contributed by atoms with E-state index in [1.54, 1.807) is 30.3 Å². The Morgan fingerprint density at radius 1 is 0.947 bits per heavy atom. The molecular weight excluding hydrogens is 509 g/mol. The largest absolute Gasteiger partial charge is 0.490 e. The Kier molecular flexibility index (Phi) is 9.71. The molecule has 0 aliphatic rings. The average Bonchev–Trinajstić information content (AvgIpc) is 2.89. The fraction of sp³-hybridized carbons (Fsp3) is 0.321. The number of para-hydroxylation sites is 1. The van der Waals surface area contributed by atoms with Crippen LogP contribution in [0.3, 0.4) is 0 Å². The van der Waals surface area contributed by atoms with Crippen LogP contribution >= 0.6 is 0 Å². The molecule has 1 amide bonds. The molecular formula is C28H34FN3O5S. The van der Waals surface area contributed by atoms with Crippen molar-refractivity contribution < 1.29 is 27.1 Å². The number of hydrogen-bond acceptors (Lipinski definition) is 5. The van der Waals surface area contributed by atoms with Gasteiger partial charge in [-0.25, -0.2) is 4.39 Å². The normalized spacial score (nSPS) is 12.2. The van der Waals surface area contributed by atoms with Crippen LogP contribution in [0.2, 0.25) is 0 Å². The lowest BCUT2D eigenvalue weighted by Gasteiger charge is -2.27. The summed E-state index contributed by atoms with van der Waals surface area (Å²) in [6, 6.07) is 17.5. The molecule has 0 fully saturated rings. The van der Waals surface area contributed by atoms with Crippen molar-refractivity contribution in [1.29, 1.82) is 0 Å². The Labute approximate surface area is 224 Å². The van der Waals surface area contributed by atoms with E-state index in [4.69, 9.17) is 9.47 Å². The summed E-state index contributed by atoms with van der Waals surface area (Å²) in [6.07, 6.45) is 0. The van der Waals surface area contributed by atoms with Crippen molar-refractivity contribution in [2.45, 2.75) is 33.4 Å². The molecule has 0 aliphatic carbocycles. The number of rotatable bonds is 12. The smallest absolute Gasteiger partial charge is 0.303 e. The number of ether oxygens (including phenoxy) is 2. The predicted octanol–water partition coefficient (Wildman–Crippen LogP) is 4.93. The molecule has 0 heterocycles. The van der Waals surface area contributed by atoms with Gasteiger partial charge in [-0.3, -0.25) is 9.10 Å². The number of benzene rings is 3. The number of nitrogens with one attached hydrogen (secondary N) is 1. The SMILES string of the molecule is CCOc1ccc(C(C)NC(=O)c2ccc(CN(c3ccccc3F)S(=O)(=O)N(C)C)cc2)cc1OCC. The Bertz CT molecular complexity index is 1350. The van der Waals surface area contributed by atoms with Crippen LogP contribution in [0.1, 0.15) is 48.3 Å². The second-order valence-corrected chi connectivity index (χ2v) is 10.8. The molecule has 1 N–H and O–H groups in total. The first kappa shape index (κ1) is 28.9. The van der Waals surface area contributed by atoms with E-state index in [1.807, 2.05) is 39.0 Å². The van der Waals surface area contributed by atoms with Crippen molar-refractivity contribution in [1.82, 2.24) is 9.62 Å². The summed E-state index contributed by atoms with van der Waals surface area (Å²) in [5, 5.41) is 2.97. The Morgan fingerprint density at radius 3 is 2.18 bits per heavy atom. The van der Waals surface area contributed by atoms with Gasteiger partial charge >= 0.3 is 10.2 Å². The summed E-state index contributed by atoms with van der Waals surface area (Å²) < 4.78 is 53.7. The molecule has 1 unspecified atom stereocenters. The zero-order chi connectivity index (χ0) is 27.9. The molecule has 38 heavy (non-hydrogen) atoms. The standard InChI is InChI=1S/C28H34FN3O5S/c1-6-36-26-17-16-23(18-27(26)37-7-2)20(3)30-28(33)22-14-12-21(13-15-22)19-32(38(34,35)31(4)5)25-11-9-8-10-24(25)29/h8-18,20H,6-7,19H2,1-5H3,(H,30,33). The van der Waals surface area contributed by atoms with Gasteiger partial charge < -0.3 is 14.8 Å². The quantitative estimate of drug-likeness (QED) is 0.350. The number of amides is 1. The van der Waals surface area contributed by atoms with Gasteiger partial charge in [-0.2, -0.15) is 12.7 Å². The lowest BCUT2D eigenvalue weighted by atomic mass is 10.1. The van der Waals surface area contributed by atoms with Crippen LogP contribution in [0.15, 0.2) is 66.7 Å². The van der Waals surface area contributed by atoms with E-state index in [9.17, 15) is 17.6 Å². The number of carbonyl (C=O) groups excluding carboxylic acids is 1. The van der Waals surface area contributed by atoms with Crippen molar-refractivity contribution in [3.8, 4) is 11.5 Å². The number of anilines is 1. The lowest BCUT2D eigenvalue weighted by molar-refractivity contribution is 0.0939. The summed E-state index contributed by atoms with van der Waals surface area (Å²) in [7, 11) is -1.20. The minimum Gasteiger partial charge on any atom is -0.490 e. The first-order chi connectivity index (χ1) is 18.1. The molecule has 0 saturated heterocycles. The van der Waals surface area contributed by atoms with Crippen molar-refractivity contribution in [2.75, 3.05) is 31.6 Å². The van der Waals surface area contributed by atoms with Crippen molar-refractivity contribution in [3.63, 3.8) is 0 Å². The van der Waals surface area contributed by atoms with E-state index in [0.717, 1.165) is 14.2 Å². The third-order valence-corrected chi connectivity index (χ3v) is 7.62. The molecule has 10 heteroatoms. The van der Waals surface area contributed by atoms with Crippen LogP contribution in [0.25, 0.3) is 0 Å². The fourth-order valence-corrected chi connectivity index (χ4v) is 4.87. The van der Waals surface area contributed by atoms with Crippen molar-refractivity contribution >= 4 is 21.8 Å². The van der Waals surface area contributed by atoms with E-state index in [-0.39, 0.29) is 24.2 Å². The minimum absolute atomic E-state index is 0.0568. The van der Waals surface area contributed by atoms with Gasteiger partial charge in [0, 0.05) is 19.7 Å². The maximum absolute atomic E-state index is 14.5. The van der Waals surface area contributed by atoms with Crippen LogP contribution < -0.4 is 19.1 Å². The monoisotopic (exact) mass is 543 g/mol. The van der Waals surface area contributed by atoms with Crippen LogP contribution in [-0.4, -0.2) is 45.9 Å². The van der Waals surface area contributed by atoms with Gasteiger partial charge in [-0.1, -0.05) is 30.3 Å². The lowest BCUT2D eigenvalue weighted by Crippen LogP contribution is -2.40. The molecule has 3 aromatic carbocycles. The summed E-state index contributed by atoms with van der Waals surface area (Å²) in [5.74, 6) is 0.324. The summed E-state index contributed by atoms with van der Waals surface area (Å²) in [4.78, 5) is 12.9. The summed E-state index contributed by atoms with van der Waals surface area (Å²) in [6.45, 7) is 6.56. The molecule has 0 aromatic heterocycles. The second-order valence-electron chi connectivity index (χ2n) is 8.71. The van der Waals surface area contributed by atoms with Crippen molar-refractivity contribution in [3.05, 3.63) is 89.2 Å². The minimum atomic E-state index is -3.97. The highest BCUT2D eigenvalue weighted by Crippen LogP contribution is 2.31. The highest BCUT2D eigenvalue weighted by atomic mass is 32.2. The predicted molar refractivity (Wildman–Crippen MR) is 146 cm³/mol. The molecule has 204 valence electrons. The molecule has 0 radical (unpaired) electrons. The first-order valence-corrected chi connectivity index (χ1v) is 13.7. The van der Waals surface area contributed by atoms with Crippen LogP contribution in [0.4, 0.5) is 10.1 Å². The van der Waals surface area contributed by atoms with E-state index in [1.165, 1.54) is 32.3 Å². The van der Waals surface area contributed by atoms with Gasteiger partial charge in [0.2, 0.25) is 0 Å². The Hall–Kier alpha value is -3.63. The fourth-order valence-electron chi connectivity index (χ4n) is 3.77. The van der Waals surface area contributed by atoms with Gasteiger partial charge in [0.25, 0.3) is 5.91 Å². The maximum atomic E-state index is 14.5. The zero-order valence-electron chi connectivity index (χ0n) is 22.3. The molecule has 3 aromatic rings. The van der Waals surface area contributed by atoms with Crippen LogP contribution in [-0.2, 0) is 16.8 Å². The van der Waals surface area contributed by atoms with Crippen molar-refractivity contribution in [2.24, 2.45) is 0 Å².